The molecule has 1 aromatic heterocycles. The van der Waals surface area contributed by atoms with Crippen molar-refractivity contribution >= 4 is 29.0 Å². The Kier molecular flexibility index (Phi) is 6.16. The van der Waals surface area contributed by atoms with E-state index in [2.05, 4.69) is 10.3 Å². The van der Waals surface area contributed by atoms with E-state index in [-0.39, 0.29) is 11.6 Å². The van der Waals surface area contributed by atoms with Crippen LogP contribution in [0.2, 0.25) is 5.02 Å². The molecule has 24 heavy (non-hydrogen) atoms. The number of hydrogen-bond donors (Lipinski definition) is 1. The summed E-state index contributed by atoms with van der Waals surface area (Å²) in [4.78, 5) is 18.1. The molecule has 1 heterocycles. The van der Waals surface area contributed by atoms with Crippen LogP contribution in [0.1, 0.15) is 25.1 Å². The molecule has 0 spiro atoms. The van der Waals surface area contributed by atoms with Gasteiger partial charge in [0.15, 0.2) is 5.69 Å². The third kappa shape index (κ3) is 4.46. The van der Waals surface area contributed by atoms with E-state index in [4.69, 9.17) is 16.9 Å². The van der Waals surface area contributed by atoms with Crippen molar-refractivity contribution in [3.05, 3.63) is 52.7 Å². The largest absolute Gasteiger partial charge is 0.343 e. The van der Waals surface area contributed by atoms with E-state index < -0.39 is 0 Å². The predicted octanol–water partition coefficient (Wildman–Crippen LogP) is 3.76. The standard InChI is InChI=1S/C18H19ClN4O/c1-3-23(4-2)18(24)11-13-5-7-14(8-6-13)21-17-10-9-15(19)16(12-20)22-17/h5-10H,3-4,11H2,1-2H3,(H,21,22). The lowest BCUT2D eigenvalue weighted by Crippen LogP contribution is -2.31. The van der Waals surface area contributed by atoms with Gasteiger partial charge in [0, 0.05) is 18.8 Å². The van der Waals surface area contributed by atoms with Crippen molar-refractivity contribution in [3.8, 4) is 6.07 Å². The fourth-order valence-corrected chi connectivity index (χ4v) is 2.45. The van der Waals surface area contributed by atoms with Crippen LogP contribution in [0.5, 0.6) is 0 Å². The Morgan fingerprint density at radius 1 is 1.21 bits per heavy atom. The number of amides is 1. The van der Waals surface area contributed by atoms with Crippen molar-refractivity contribution < 1.29 is 4.79 Å². The Morgan fingerprint density at radius 2 is 1.88 bits per heavy atom. The zero-order valence-electron chi connectivity index (χ0n) is 13.7. The number of carbonyl (C=O) groups is 1. The molecule has 124 valence electrons. The number of benzene rings is 1. The number of pyridine rings is 1. The van der Waals surface area contributed by atoms with Crippen LogP contribution in [0, 0.1) is 11.3 Å². The maximum Gasteiger partial charge on any atom is 0.226 e. The minimum Gasteiger partial charge on any atom is -0.343 e. The minimum absolute atomic E-state index is 0.124. The van der Waals surface area contributed by atoms with Crippen molar-refractivity contribution in [2.75, 3.05) is 18.4 Å². The third-order valence-corrected chi connectivity index (χ3v) is 3.95. The van der Waals surface area contributed by atoms with Crippen LogP contribution in [0.4, 0.5) is 11.5 Å². The van der Waals surface area contributed by atoms with Crippen LogP contribution in [-0.4, -0.2) is 28.9 Å². The van der Waals surface area contributed by atoms with Gasteiger partial charge in [-0.1, -0.05) is 23.7 Å². The van der Waals surface area contributed by atoms with Gasteiger partial charge in [-0.05, 0) is 43.7 Å². The van der Waals surface area contributed by atoms with Gasteiger partial charge < -0.3 is 10.2 Å². The summed E-state index contributed by atoms with van der Waals surface area (Å²) >= 11 is 5.87. The lowest BCUT2D eigenvalue weighted by atomic mass is 10.1. The number of likely N-dealkylation sites (N-methyl/N-ethyl adjacent to an activating group) is 1. The first-order valence-corrected chi connectivity index (χ1v) is 8.15. The van der Waals surface area contributed by atoms with E-state index in [0.29, 0.717) is 17.3 Å². The maximum atomic E-state index is 12.1. The monoisotopic (exact) mass is 342 g/mol. The summed E-state index contributed by atoms with van der Waals surface area (Å²) in [6, 6.07) is 12.9. The number of nitrogens with zero attached hydrogens (tertiary/aromatic N) is 3. The second kappa shape index (κ2) is 8.32. The fraction of sp³-hybridized carbons (Fsp3) is 0.278. The highest BCUT2D eigenvalue weighted by Crippen LogP contribution is 2.20. The normalized spacial score (nSPS) is 10.1. The molecule has 0 atom stereocenters. The van der Waals surface area contributed by atoms with Gasteiger partial charge in [-0.15, -0.1) is 0 Å². The molecule has 2 aromatic rings. The van der Waals surface area contributed by atoms with Crippen molar-refractivity contribution in [3.63, 3.8) is 0 Å². The number of rotatable bonds is 6. The average Bonchev–Trinajstić information content (AvgIpc) is 2.59. The van der Waals surface area contributed by atoms with Crippen LogP contribution < -0.4 is 5.32 Å². The molecule has 0 aliphatic rings. The summed E-state index contributed by atoms with van der Waals surface area (Å²) in [5, 5.41) is 12.4. The van der Waals surface area contributed by atoms with E-state index in [9.17, 15) is 4.79 Å². The summed E-state index contributed by atoms with van der Waals surface area (Å²) in [6.07, 6.45) is 0.389. The molecule has 5 nitrogen and oxygen atoms in total. The summed E-state index contributed by atoms with van der Waals surface area (Å²) in [6.45, 7) is 5.39. The summed E-state index contributed by atoms with van der Waals surface area (Å²) in [7, 11) is 0. The zero-order chi connectivity index (χ0) is 17.5. The van der Waals surface area contributed by atoms with E-state index in [1.807, 2.05) is 49.1 Å². The Bertz CT molecular complexity index is 749. The number of nitrogens with one attached hydrogen (secondary N) is 1. The number of anilines is 2. The lowest BCUT2D eigenvalue weighted by molar-refractivity contribution is -0.130. The first kappa shape index (κ1) is 17.8. The van der Waals surface area contributed by atoms with Gasteiger partial charge in [-0.25, -0.2) is 4.98 Å². The molecule has 1 N–H and O–H groups in total. The topological polar surface area (TPSA) is 69.0 Å². The lowest BCUT2D eigenvalue weighted by Gasteiger charge is -2.18. The van der Waals surface area contributed by atoms with Crippen LogP contribution in [-0.2, 0) is 11.2 Å². The van der Waals surface area contributed by atoms with Crippen LogP contribution in [0.3, 0.4) is 0 Å². The number of aromatic nitrogens is 1. The molecule has 0 unspecified atom stereocenters. The fourth-order valence-electron chi connectivity index (χ4n) is 2.31. The molecule has 1 aromatic carbocycles. The summed E-state index contributed by atoms with van der Waals surface area (Å²) in [5.74, 6) is 0.668. The molecular weight excluding hydrogens is 324 g/mol. The molecule has 1 amide bonds. The highest BCUT2D eigenvalue weighted by Gasteiger charge is 2.10. The number of halogens is 1. The number of hydrogen-bond acceptors (Lipinski definition) is 4. The maximum absolute atomic E-state index is 12.1. The molecular formula is C18H19ClN4O. The van der Waals surface area contributed by atoms with E-state index in [1.165, 1.54) is 0 Å². The van der Waals surface area contributed by atoms with Crippen molar-refractivity contribution in [2.24, 2.45) is 0 Å². The minimum atomic E-state index is 0.124. The molecule has 0 aliphatic heterocycles. The summed E-state index contributed by atoms with van der Waals surface area (Å²) < 4.78 is 0. The zero-order valence-corrected chi connectivity index (χ0v) is 14.5. The molecule has 0 saturated carbocycles. The van der Waals surface area contributed by atoms with Gasteiger partial charge in [0.1, 0.15) is 11.9 Å². The van der Waals surface area contributed by atoms with Crippen LogP contribution in [0.15, 0.2) is 36.4 Å². The van der Waals surface area contributed by atoms with E-state index in [0.717, 1.165) is 24.3 Å². The van der Waals surface area contributed by atoms with Crippen molar-refractivity contribution in [2.45, 2.75) is 20.3 Å². The molecule has 0 radical (unpaired) electrons. The van der Waals surface area contributed by atoms with Gasteiger partial charge >= 0.3 is 0 Å². The number of carbonyl (C=O) groups excluding carboxylic acids is 1. The number of nitriles is 1. The molecule has 2 rings (SSSR count). The molecule has 6 heteroatoms. The SMILES string of the molecule is CCN(CC)C(=O)Cc1ccc(Nc2ccc(Cl)c(C#N)n2)cc1. The average molecular weight is 343 g/mol. The highest BCUT2D eigenvalue weighted by molar-refractivity contribution is 6.31. The Morgan fingerprint density at radius 3 is 2.46 bits per heavy atom. The van der Waals surface area contributed by atoms with Crippen molar-refractivity contribution in [1.29, 1.82) is 5.26 Å². The van der Waals surface area contributed by atoms with Crippen molar-refractivity contribution in [1.82, 2.24) is 9.88 Å². The second-order valence-electron chi connectivity index (χ2n) is 5.20. The highest BCUT2D eigenvalue weighted by atomic mass is 35.5. The van der Waals surface area contributed by atoms with E-state index in [1.54, 1.807) is 12.1 Å². The smallest absolute Gasteiger partial charge is 0.226 e. The first-order valence-electron chi connectivity index (χ1n) is 7.77. The van der Waals surface area contributed by atoms with Gasteiger partial charge in [0.2, 0.25) is 5.91 Å². The third-order valence-electron chi connectivity index (χ3n) is 3.65. The van der Waals surface area contributed by atoms with Gasteiger partial charge in [-0.3, -0.25) is 4.79 Å². The summed E-state index contributed by atoms with van der Waals surface area (Å²) in [5.41, 5.74) is 1.97. The molecule has 0 fully saturated rings. The molecule has 0 bridgehead atoms. The van der Waals surface area contributed by atoms with E-state index >= 15 is 0 Å². The molecule has 0 saturated heterocycles. The Hall–Kier alpha value is -2.58. The van der Waals surface area contributed by atoms with Gasteiger partial charge in [0.25, 0.3) is 0 Å². The van der Waals surface area contributed by atoms with Gasteiger partial charge in [-0.2, -0.15) is 5.26 Å². The predicted molar refractivity (Wildman–Crippen MR) is 95.3 cm³/mol. The first-order chi connectivity index (χ1) is 11.6. The second-order valence-corrected chi connectivity index (χ2v) is 5.61. The molecule has 0 aliphatic carbocycles. The van der Waals surface area contributed by atoms with Gasteiger partial charge in [0.05, 0.1) is 11.4 Å². The Balaban J connectivity index is 2.05. The quantitative estimate of drug-likeness (QED) is 0.867. The van der Waals surface area contributed by atoms with Crippen LogP contribution in [0.25, 0.3) is 0 Å². The van der Waals surface area contributed by atoms with Crippen LogP contribution >= 0.6 is 11.6 Å². The Labute approximate surface area is 146 Å².